The van der Waals surface area contributed by atoms with Crippen LogP contribution in [0.5, 0.6) is 0 Å². The number of hydrogen-bond donors (Lipinski definition) is 0. The van der Waals surface area contributed by atoms with E-state index in [2.05, 4.69) is 69.9 Å². The fraction of sp³-hybridized carbons (Fsp3) is 0.714. The van der Waals surface area contributed by atoms with Gasteiger partial charge in [0.05, 0.1) is 13.2 Å². The lowest BCUT2D eigenvalue weighted by Gasteiger charge is -2.46. The fourth-order valence-corrected chi connectivity index (χ4v) is 3.68. The van der Waals surface area contributed by atoms with Crippen LogP contribution < -0.4 is 0 Å². The molecule has 1 aliphatic rings. The number of benzene rings is 1. The molecule has 1 aliphatic heterocycles. The Morgan fingerprint density at radius 2 is 1.78 bits per heavy atom. The molecule has 23 heavy (non-hydrogen) atoms. The van der Waals surface area contributed by atoms with Crippen molar-refractivity contribution < 1.29 is 4.74 Å². The maximum atomic E-state index is 6.11. The molecule has 0 aromatic heterocycles. The van der Waals surface area contributed by atoms with Gasteiger partial charge >= 0.3 is 0 Å². The van der Waals surface area contributed by atoms with Gasteiger partial charge in [0, 0.05) is 12.6 Å². The minimum atomic E-state index is 0.559. The lowest BCUT2D eigenvalue weighted by atomic mass is 9.76. The predicted molar refractivity (Wildman–Crippen MR) is 98.4 cm³/mol. The molecule has 0 spiro atoms. The van der Waals surface area contributed by atoms with Gasteiger partial charge in [-0.3, -0.25) is 4.90 Å². The first-order valence-corrected chi connectivity index (χ1v) is 9.34. The van der Waals surface area contributed by atoms with Crippen LogP contribution in [0.4, 0.5) is 0 Å². The third-order valence-electron chi connectivity index (χ3n) is 5.72. The molecule has 1 aromatic rings. The van der Waals surface area contributed by atoms with E-state index in [-0.39, 0.29) is 0 Å². The zero-order chi connectivity index (χ0) is 16.8. The van der Waals surface area contributed by atoms with Crippen molar-refractivity contribution in [3.8, 4) is 0 Å². The summed E-state index contributed by atoms with van der Waals surface area (Å²) in [5.41, 5.74) is 1.27. The summed E-state index contributed by atoms with van der Waals surface area (Å²) >= 11 is 0. The van der Waals surface area contributed by atoms with Crippen LogP contribution in [0, 0.1) is 23.7 Å². The highest BCUT2D eigenvalue weighted by Crippen LogP contribution is 2.33. The molecule has 1 saturated heterocycles. The number of rotatable bonds is 7. The zero-order valence-corrected chi connectivity index (χ0v) is 15.7. The Morgan fingerprint density at radius 3 is 2.43 bits per heavy atom. The number of piperidine rings is 1. The second kappa shape index (κ2) is 8.84. The van der Waals surface area contributed by atoms with E-state index in [4.69, 9.17) is 4.74 Å². The highest BCUT2D eigenvalue weighted by Gasteiger charge is 2.36. The molecule has 130 valence electrons. The third-order valence-corrected chi connectivity index (χ3v) is 5.72. The highest BCUT2D eigenvalue weighted by molar-refractivity contribution is 5.13. The van der Waals surface area contributed by atoms with Crippen LogP contribution >= 0.6 is 0 Å². The molecule has 1 heterocycles. The van der Waals surface area contributed by atoms with Crippen molar-refractivity contribution >= 4 is 0 Å². The van der Waals surface area contributed by atoms with Gasteiger partial charge in [0.25, 0.3) is 0 Å². The van der Waals surface area contributed by atoms with E-state index < -0.39 is 0 Å². The van der Waals surface area contributed by atoms with Gasteiger partial charge in [-0.1, -0.05) is 65.0 Å². The SMILES string of the molecule is CC(C)CCN1CC(C)C(C)C(C)C1COCc1ccccc1. The van der Waals surface area contributed by atoms with Gasteiger partial charge in [0.1, 0.15) is 0 Å². The first-order chi connectivity index (χ1) is 11.0. The van der Waals surface area contributed by atoms with Crippen LogP contribution in [-0.2, 0) is 11.3 Å². The minimum Gasteiger partial charge on any atom is -0.375 e. The van der Waals surface area contributed by atoms with Crippen molar-refractivity contribution in [3.05, 3.63) is 35.9 Å². The van der Waals surface area contributed by atoms with Crippen molar-refractivity contribution in [2.45, 2.75) is 53.7 Å². The Balaban J connectivity index is 1.92. The lowest BCUT2D eigenvalue weighted by Crippen LogP contribution is -2.53. The Hall–Kier alpha value is -0.860. The molecule has 0 N–H and O–H groups in total. The van der Waals surface area contributed by atoms with Crippen LogP contribution in [-0.4, -0.2) is 30.6 Å². The minimum absolute atomic E-state index is 0.559. The van der Waals surface area contributed by atoms with Crippen LogP contribution in [0.15, 0.2) is 30.3 Å². The van der Waals surface area contributed by atoms with Crippen molar-refractivity contribution in [2.24, 2.45) is 23.7 Å². The van der Waals surface area contributed by atoms with Gasteiger partial charge in [0.2, 0.25) is 0 Å². The topological polar surface area (TPSA) is 12.5 Å². The Labute approximate surface area is 143 Å². The number of nitrogens with zero attached hydrogens (tertiary/aromatic N) is 1. The average Bonchev–Trinajstić information content (AvgIpc) is 2.54. The van der Waals surface area contributed by atoms with E-state index >= 15 is 0 Å². The number of hydrogen-bond acceptors (Lipinski definition) is 2. The fourth-order valence-electron chi connectivity index (χ4n) is 3.68. The van der Waals surface area contributed by atoms with Gasteiger partial charge in [-0.05, 0) is 42.2 Å². The molecule has 1 fully saturated rings. The van der Waals surface area contributed by atoms with Gasteiger partial charge in [0.15, 0.2) is 0 Å². The van der Waals surface area contributed by atoms with E-state index in [9.17, 15) is 0 Å². The molecule has 2 heteroatoms. The maximum absolute atomic E-state index is 6.11. The normalized spacial score (nSPS) is 29.1. The Kier molecular flexibility index (Phi) is 7.10. The van der Waals surface area contributed by atoms with Gasteiger partial charge in [-0.25, -0.2) is 0 Å². The summed E-state index contributed by atoms with van der Waals surface area (Å²) in [4.78, 5) is 2.69. The van der Waals surface area contributed by atoms with Crippen LogP contribution in [0.2, 0.25) is 0 Å². The Morgan fingerprint density at radius 1 is 1.09 bits per heavy atom. The first-order valence-electron chi connectivity index (χ1n) is 9.34. The lowest BCUT2D eigenvalue weighted by molar-refractivity contribution is -0.0321. The Bertz CT molecular complexity index is 444. The summed E-state index contributed by atoms with van der Waals surface area (Å²) in [5, 5.41) is 0. The monoisotopic (exact) mass is 317 g/mol. The van der Waals surface area contributed by atoms with Crippen molar-refractivity contribution in [3.63, 3.8) is 0 Å². The smallest absolute Gasteiger partial charge is 0.0717 e. The third kappa shape index (κ3) is 5.32. The summed E-state index contributed by atoms with van der Waals surface area (Å²) in [5.74, 6) is 3.02. The summed E-state index contributed by atoms with van der Waals surface area (Å²) in [6, 6.07) is 11.1. The zero-order valence-electron chi connectivity index (χ0n) is 15.7. The predicted octanol–water partition coefficient (Wildman–Crippen LogP) is 4.84. The molecular formula is C21H35NO. The molecule has 0 radical (unpaired) electrons. The highest BCUT2D eigenvalue weighted by atomic mass is 16.5. The number of likely N-dealkylation sites (tertiary alicyclic amines) is 1. The molecule has 2 rings (SSSR count). The quantitative estimate of drug-likeness (QED) is 0.713. The van der Waals surface area contributed by atoms with Crippen LogP contribution in [0.3, 0.4) is 0 Å². The van der Waals surface area contributed by atoms with Gasteiger partial charge in [-0.15, -0.1) is 0 Å². The summed E-state index contributed by atoms with van der Waals surface area (Å²) < 4.78 is 6.11. The average molecular weight is 318 g/mol. The van der Waals surface area contributed by atoms with E-state index in [1.54, 1.807) is 0 Å². The van der Waals surface area contributed by atoms with Gasteiger partial charge in [-0.2, -0.15) is 0 Å². The summed E-state index contributed by atoms with van der Waals surface area (Å²) in [6.07, 6.45) is 1.28. The second-order valence-electron chi connectivity index (χ2n) is 7.94. The summed E-state index contributed by atoms with van der Waals surface area (Å²) in [7, 11) is 0. The largest absolute Gasteiger partial charge is 0.375 e. The molecular weight excluding hydrogens is 282 g/mol. The molecule has 0 bridgehead atoms. The summed E-state index contributed by atoms with van der Waals surface area (Å²) in [6.45, 7) is 15.9. The van der Waals surface area contributed by atoms with E-state index in [0.717, 1.165) is 31.0 Å². The molecule has 1 aromatic carbocycles. The first kappa shape index (κ1) is 18.5. The maximum Gasteiger partial charge on any atom is 0.0717 e. The molecule has 0 amide bonds. The van der Waals surface area contributed by atoms with Crippen molar-refractivity contribution in [1.29, 1.82) is 0 Å². The second-order valence-corrected chi connectivity index (χ2v) is 7.94. The van der Waals surface area contributed by atoms with E-state index in [0.29, 0.717) is 12.0 Å². The van der Waals surface area contributed by atoms with E-state index in [1.807, 2.05) is 0 Å². The molecule has 2 nitrogen and oxygen atoms in total. The molecule has 0 aliphatic carbocycles. The molecule has 4 unspecified atom stereocenters. The molecule has 4 atom stereocenters. The van der Waals surface area contributed by atoms with Crippen molar-refractivity contribution in [1.82, 2.24) is 4.90 Å². The molecule has 0 saturated carbocycles. The van der Waals surface area contributed by atoms with E-state index in [1.165, 1.54) is 25.1 Å². The number of ether oxygens (including phenoxy) is 1. The van der Waals surface area contributed by atoms with Crippen molar-refractivity contribution in [2.75, 3.05) is 19.7 Å². The van der Waals surface area contributed by atoms with Crippen LogP contribution in [0.25, 0.3) is 0 Å². The van der Waals surface area contributed by atoms with Gasteiger partial charge < -0.3 is 4.74 Å². The van der Waals surface area contributed by atoms with Crippen LogP contribution in [0.1, 0.15) is 46.6 Å². The standard InChI is InChI=1S/C21H35NO/c1-16(2)11-12-22-13-17(3)18(4)19(5)21(22)15-23-14-20-9-7-6-8-10-20/h6-10,16-19,21H,11-15H2,1-5H3.